The van der Waals surface area contributed by atoms with Gasteiger partial charge in [-0.25, -0.2) is 9.37 Å². The van der Waals surface area contributed by atoms with Crippen LogP contribution in [-0.2, 0) is 5.67 Å². The Morgan fingerprint density at radius 3 is 2.18 bits per heavy atom. The number of methoxy groups -OCH3 is 1. The number of H-pyrrole nitrogens is 1. The Balaban J connectivity index is 0.00000675. The highest BCUT2D eigenvalue weighted by Gasteiger charge is 2.72. The minimum Gasteiger partial charge on any atom is -0.870 e. The Bertz CT molecular complexity index is 1480. The first-order valence-electron chi connectivity index (χ1n) is 11.8. The maximum absolute atomic E-state index is 14.9. The van der Waals surface area contributed by atoms with Crippen LogP contribution in [-0.4, -0.2) is 49.1 Å². The third-order valence-corrected chi connectivity index (χ3v) is 6.83. The topological polar surface area (TPSA) is 112 Å². The molecule has 0 saturated heterocycles. The van der Waals surface area contributed by atoms with E-state index in [1.165, 1.54) is 54.7 Å². The molecule has 0 aliphatic heterocycles. The Morgan fingerprint density at radius 1 is 1.07 bits per heavy atom. The summed E-state index contributed by atoms with van der Waals surface area (Å²) in [7, 11) is 1.17. The molecule has 240 valence electrons. The fraction of sp³-hybridized carbons (Fsp3) is 0.269. The van der Waals surface area contributed by atoms with Gasteiger partial charge in [-0.15, -0.1) is 0 Å². The molecule has 0 fully saturated rings. The Kier molecular flexibility index (Phi) is 11.6. The van der Waals surface area contributed by atoms with Gasteiger partial charge in [-0.2, -0.15) is 30.7 Å². The number of hydrogen-bond acceptors (Lipinski definition) is 5. The zero-order valence-electron chi connectivity index (χ0n) is 22.3. The summed E-state index contributed by atoms with van der Waals surface area (Å²) in [6.07, 6.45) is -3.28. The van der Waals surface area contributed by atoms with Crippen molar-refractivity contribution >= 4 is 50.7 Å². The van der Waals surface area contributed by atoms with Gasteiger partial charge < -0.3 is 25.2 Å². The highest BCUT2D eigenvalue weighted by atomic mass is 79.9. The molecule has 3 aromatic rings. The largest absolute Gasteiger partial charge is 0.870 e. The first-order chi connectivity index (χ1) is 20.0. The zero-order valence-corrected chi connectivity index (χ0v) is 24.6. The summed E-state index contributed by atoms with van der Waals surface area (Å²) < 4.78 is 118. The van der Waals surface area contributed by atoms with Gasteiger partial charge in [-0.1, -0.05) is 6.07 Å². The average Bonchev–Trinajstić information content (AvgIpc) is 2.93. The van der Waals surface area contributed by atoms with Gasteiger partial charge in [0.05, 0.1) is 29.6 Å². The monoisotopic (exact) mass is 721 g/mol. The minimum absolute atomic E-state index is 0. The van der Waals surface area contributed by atoms with Gasteiger partial charge in [0.25, 0.3) is 11.8 Å². The lowest BCUT2D eigenvalue weighted by atomic mass is 9.94. The number of anilines is 2. The van der Waals surface area contributed by atoms with Gasteiger partial charge in [-0.3, -0.25) is 9.59 Å². The molecule has 2 amide bonds. The van der Waals surface area contributed by atoms with Crippen molar-refractivity contribution in [2.75, 3.05) is 23.9 Å². The number of pyridine rings is 1. The number of hydrogen-bond donors (Lipinski definition) is 1. The molecule has 0 saturated carbocycles. The third kappa shape index (κ3) is 7.15. The molecule has 44 heavy (non-hydrogen) atoms. The summed E-state index contributed by atoms with van der Waals surface area (Å²) in [5, 5.41) is -3.46. The predicted octanol–water partition coefficient (Wildman–Crippen LogP) is 7.17. The van der Waals surface area contributed by atoms with Crippen molar-refractivity contribution in [3.63, 3.8) is 0 Å². The van der Waals surface area contributed by atoms with Gasteiger partial charge in [0.2, 0.25) is 0 Å². The van der Waals surface area contributed by atoms with Crippen molar-refractivity contribution in [1.82, 2.24) is 0 Å². The number of nitrogens with zero attached hydrogens (tertiary/aromatic N) is 1. The van der Waals surface area contributed by atoms with E-state index in [-0.39, 0.29) is 46.7 Å². The summed E-state index contributed by atoms with van der Waals surface area (Å²) in [6, 6.07) is 7.13. The van der Waals surface area contributed by atoms with Crippen LogP contribution in [0.4, 0.5) is 46.5 Å². The molecule has 3 rings (SSSR count). The predicted molar refractivity (Wildman–Crippen MR) is 144 cm³/mol. The van der Waals surface area contributed by atoms with Crippen LogP contribution in [0.1, 0.15) is 33.2 Å². The molecule has 1 aromatic heterocycles. The molecule has 0 spiro atoms. The van der Waals surface area contributed by atoms with Crippen molar-refractivity contribution in [2.24, 2.45) is 0 Å². The highest BCUT2D eigenvalue weighted by Crippen LogP contribution is 2.56. The molecule has 1 unspecified atom stereocenters. The molecular weight excluding hydrogens is 702 g/mol. The minimum atomic E-state index is -6.31. The van der Waals surface area contributed by atoms with Crippen molar-refractivity contribution in [3.05, 3.63) is 76.0 Å². The lowest BCUT2D eigenvalue weighted by molar-refractivity contribution is -0.378. The molecule has 0 aliphatic rings. The number of benzene rings is 2. The highest BCUT2D eigenvalue weighted by molar-refractivity contribution is 9.10. The van der Waals surface area contributed by atoms with E-state index >= 15 is 0 Å². The van der Waals surface area contributed by atoms with E-state index < -0.39 is 57.1 Å². The quantitative estimate of drug-likeness (QED) is 0.176. The summed E-state index contributed by atoms with van der Waals surface area (Å²) in [6.45, 7) is -2.00. The van der Waals surface area contributed by atoms with E-state index in [2.05, 4.69) is 42.6 Å². The zero-order chi connectivity index (χ0) is 32.3. The lowest BCUT2D eigenvalue weighted by Gasteiger charge is -2.32. The van der Waals surface area contributed by atoms with Crippen molar-refractivity contribution in [1.29, 1.82) is 0 Å². The molecule has 2 aromatic carbocycles. The number of ether oxygens (including phenoxy) is 2. The Morgan fingerprint density at radius 2 is 1.68 bits per heavy atom. The van der Waals surface area contributed by atoms with E-state index in [1.807, 2.05) is 0 Å². The number of aromatic nitrogens is 1. The Hall–Kier alpha value is -3.70. The molecule has 3 N–H and O–H groups in total. The van der Waals surface area contributed by atoms with E-state index in [1.54, 1.807) is 6.92 Å². The van der Waals surface area contributed by atoms with Crippen molar-refractivity contribution in [2.45, 2.75) is 30.8 Å². The maximum Gasteiger partial charge on any atom is 0.434 e. The average molecular weight is 723 g/mol. The van der Waals surface area contributed by atoms with Gasteiger partial charge in [0, 0.05) is 28.7 Å². The van der Waals surface area contributed by atoms with Gasteiger partial charge in [-0.05, 0) is 58.7 Å². The van der Waals surface area contributed by atoms with Crippen LogP contribution in [0.5, 0.6) is 11.5 Å². The molecule has 0 bridgehead atoms. The summed E-state index contributed by atoms with van der Waals surface area (Å²) >= 11 is 7.17. The fourth-order valence-corrected chi connectivity index (χ4v) is 4.76. The van der Waals surface area contributed by atoms with Crippen LogP contribution in [0.25, 0.3) is 0 Å². The standard InChI is InChI=1S/C26H19BrClF8N3O4.H2O/c1-3-39(22(41)13-7-9-37-10-8-13)17-6-4-5-15(20(17)42-2)21(40)38-19-16(27)11-14(12-18(19)43-23(29)30)24(31,25(28,32)33)26(34,35)36;/h4-12,23H,3H2,1-2H3,(H,38,40);1H2. The number of para-hydroxylation sites is 1. The smallest absolute Gasteiger partial charge is 0.434 e. The number of alkyl halides is 9. The summed E-state index contributed by atoms with van der Waals surface area (Å²) in [5.74, 6) is -3.06. The number of amides is 2. The van der Waals surface area contributed by atoms with E-state index in [0.29, 0.717) is 0 Å². The van der Waals surface area contributed by atoms with Crippen molar-refractivity contribution < 1.29 is 64.6 Å². The molecule has 0 aliphatic carbocycles. The normalized spacial score (nSPS) is 13.0. The molecule has 18 heteroatoms. The van der Waals surface area contributed by atoms with Crippen LogP contribution < -0.4 is 24.7 Å². The number of aromatic amines is 1. The molecule has 1 atom stereocenters. The van der Waals surface area contributed by atoms with Crippen molar-refractivity contribution in [3.8, 4) is 11.5 Å². The second kappa shape index (κ2) is 13.9. The number of carbonyl (C=O) groups is 2. The van der Waals surface area contributed by atoms with E-state index in [0.717, 1.165) is 0 Å². The first-order valence-corrected chi connectivity index (χ1v) is 13.0. The molecule has 1 heterocycles. The van der Waals surface area contributed by atoms with E-state index in [4.69, 9.17) is 4.74 Å². The Labute approximate surface area is 257 Å². The van der Waals surface area contributed by atoms with E-state index in [9.17, 15) is 44.7 Å². The maximum atomic E-state index is 14.9. The second-order valence-corrected chi connectivity index (χ2v) is 9.84. The SMILES string of the molecule is CCN(C(=O)c1cc[nH+]cc1)c1cccc(C(=O)Nc2c(Br)cc(C(F)(C(F)(F)F)C(F)(F)Cl)cc2OC(F)F)c1OC.[OH-]. The summed E-state index contributed by atoms with van der Waals surface area (Å²) in [5.41, 5.74) is -8.10. The molecule has 0 radical (unpaired) electrons. The van der Waals surface area contributed by atoms with Crippen LogP contribution in [0.15, 0.2) is 59.3 Å². The second-order valence-electron chi connectivity index (χ2n) is 8.51. The lowest BCUT2D eigenvalue weighted by Crippen LogP contribution is -2.49. The molecule has 8 nitrogen and oxygen atoms in total. The van der Waals surface area contributed by atoms with Crippen LogP contribution in [0.2, 0.25) is 0 Å². The number of nitrogens with one attached hydrogen (secondary N) is 2. The number of halogens is 10. The summed E-state index contributed by atoms with van der Waals surface area (Å²) in [4.78, 5) is 30.5. The van der Waals surface area contributed by atoms with Crippen LogP contribution in [0.3, 0.4) is 0 Å². The van der Waals surface area contributed by atoms with Crippen LogP contribution in [0, 0.1) is 0 Å². The number of carbonyl (C=O) groups excluding carboxylic acids is 2. The third-order valence-electron chi connectivity index (χ3n) is 5.95. The molecular formula is C26H21BrClF8N3O5. The van der Waals surface area contributed by atoms with Crippen LogP contribution >= 0.6 is 27.5 Å². The number of rotatable bonds is 10. The van der Waals surface area contributed by atoms with Gasteiger partial charge in [0.1, 0.15) is 0 Å². The van der Waals surface area contributed by atoms with Gasteiger partial charge in [0.15, 0.2) is 23.9 Å². The fourth-order valence-electron chi connectivity index (χ4n) is 4.00. The first kappa shape index (κ1) is 36.5. The van der Waals surface area contributed by atoms with Gasteiger partial charge >= 0.3 is 23.8 Å².